The van der Waals surface area contributed by atoms with Crippen LogP contribution in [0.1, 0.15) is 0 Å². The number of hydrogen-bond acceptors (Lipinski definition) is 5. The highest BCUT2D eigenvalue weighted by Gasteiger charge is 2.23. The van der Waals surface area contributed by atoms with Crippen molar-refractivity contribution < 1.29 is 8.83 Å². The van der Waals surface area contributed by atoms with Crippen molar-refractivity contribution in [3.8, 4) is 56.4 Å². The molecule has 252 valence electrons. The normalized spacial score (nSPS) is 11.7. The molecule has 0 saturated carbocycles. The minimum absolute atomic E-state index is 0.553. The second-order valence-electron chi connectivity index (χ2n) is 13.5. The minimum atomic E-state index is 0.553. The summed E-state index contributed by atoms with van der Waals surface area (Å²) in [7, 11) is 0. The summed E-state index contributed by atoms with van der Waals surface area (Å²) in [5.74, 6) is 1.70. The van der Waals surface area contributed by atoms with Crippen molar-refractivity contribution in [2.45, 2.75) is 0 Å². The van der Waals surface area contributed by atoms with Crippen molar-refractivity contribution in [3.63, 3.8) is 0 Å². The lowest BCUT2D eigenvalue weighted by molar-refractivity contribution is 0.668. The van der Waals surface area contributed by atoms with E-state index >= 15 is 0 Å². The molecule has 11 rings (SSSR count). The second kappa shape index (κ2) is 12.1. The molecule has 0 bridgehead atoms. The molecule has 0 saturated heterocycles. The molecule has 11 aromatic rings. The Bertz CT molecular complexity index is 3220. The molecule has 0 spiro atoms. The molecule has 8 aromatic carbocycles. The largest absolute Gasteiger partial charge is 0.456 e. The number of fused-ring (bicyclic) bond motifs is 7. The predicted octanol–water partition coefficient (Wildman–Crippen LogP) is 13.2. The van der Waals surface area contributed by atoms with Gasteiger partial charge < -0.3 is 8.83 Å². The maximum absolute atomic E-state index is 6.44. The summed E-state index contributed by atoms with van der Waals surface area (Å²) in [6, 6.07) is 60.4. The Hall–Kier alpha value is -7.37. The zero-order valence-corrected chi connectivity index (χ0v) is 28.9. The van der Waals surface area contributed by atoms with Gasteiger partial charge in [-0.2, -0.15) is 0 Å². The topological polar surface area (TPSA) is 65.0 Å². The minimum Gasteiger partial charge on any atom is -0.456 e. The fourth-order valence-electron chi connectivity index (χ4n) is 7.87. The molecule has 3 aromatic heterocycles. The SMILES string of the molecule is c1ccc(-c2ccc3oc4ccccc4c3c2-c2nc(-c3ccc4c(c3)oc3ccccc34)nc(-c3ccc(-c4ccccc4)c4ccccc34)n2)cc1. The summed E-state index contributed by atoms with van der Waals surface area (Å²) >= 11 is 0. The van der Waals surface area contributed by atoms with Crippen LogP contribution in [0.2, 0.25) is 0 Å². The monoisotopic (exact) mass is 691 g/mol. The van der Waals surface area contributed by atoms with Gasteiger partial charge in [-0.25, -0.2) is 15.0 Å². The maximum atomic E-state index is 6.44. The quantitative estimate of drug-likeness (QED) is 0.180. The van der Waals surface area contributed by atoms with Crippen LogP contribution in [0.4, 0.5) is 0 Å². The molecule has 5 nitrogen and oxygen atoms in total. The average Bonchev–Trinajstić information content (AvgIpc) is 3.81. The number of benzene rings is 8. The van der Waals surface area contributed by atoms with Gasteiger partial charge in [0.25, 0.3) is 0 Å². The smallest absolute Gasteiger partial charge is 0.165 e. The van der Waals surface area contributed by atoms with Crippen LogP contribution >= 0.6 is 0 Å². The lowest BCUT2D eigenvalue weighted by Gasteiger charge is -2.15. The third kappa shape index (κ3) is 4.83. The van der Waals surface area contributed by atoms with Gasteiger partial charge in [0, 0.05) is 38.2 Å². The highest BCUT2D eigenvalue weighted by Crippen LogP contribution is 2.43. The summed E-state index contributed by atoms with van der Waals surface area (Å²) < 4.78 is 12.8. The molecular formula is C49H29N3O2. The van der Waals surface area contributed by atoms with Gasteiger partial charge in [0.05, 0.1) is 0 Å². The lowest BCUT2D eigenvalue weighted by Crippen LogP contribution is -2.02. The van der Waals surface area contributed by atoms with E-state index in [1.54, 1.807) is 0 Å². The Morgan fingerprint density at radius 1 is 0.296 bits per heavy atom. The van der Waals surface area contributed by atoms with Crippen LogP contribution in [-0.4, -0.2) is 15.0 Å². The average molecular weight is 692 g/mol. The van der Waals surface area contributed by atoms with Gasteiger partial charge in [-0.3, -0.25) is 0 Å². The van der Waals surface area contributed by atoms with Crippen molar-refractivity contribution in [3.05, 3.63) is 176 Å². The molecule has 0 unspecified atom stereocenters. The van der Waals surface area contributed by atoms with Gasteiger partial charge in [-0.1, -0.05) is 133 Å². The number of nitrogens with zero attached hydrogens (tertiary/aromatic N) is 3. The molecule has 0 N–H and O–H groups in total. The summed E-state index contributed by atoms with van der Waals surface area (Å²) in [5.41, 5.74) is 10.2. The molecule has 0 atom stereocenters. The van der Waals surface area contributed by atoms with Crippen LogP contribution in [0.25, 0.3) is 111 Å². The summed E-state index contributed by atoms with van der Waals surface area (Å²) in [6.45, 7) is 0. The fraction of sp³-hybridized carbons (Fsp3) is 0. The Morgan fingerprint density at radius 2 is 0.815 bits per heavy atom. The van der Waals surface area contributed by atoms with E-state index in [1.807, 2.05) is 54.6 Å². The van der Waals surface area contributed by atoms with Crippen LogP contribution in [0.5, 0.6) is 0 Å². The van der Waals surface area contributed by atoms with E-state index in [-0.39, 0.29) is 0 Å². The van der Waals surface area contributed by atoms with Gasteiger partial charge >= 0.3 is 0 Å². The molecule has 0 aliphatic heterocycles. The first kappa shape index (κ1) is 30.3. The Balaban J connectivity index is 1.22. The number of para-hydroxylation sites is 2. The molecule has 0 amide bonds. The Morgan fingerprint density at radius 3 is 1.57 bits per heavy atom. The van der Waals surface area contributed by atoms with E-state index in [0.29, 0.717) is 17.5 Å². The van der Waals surface area contributed by atoms with Crippen molar-refractivity contribution in [1.29, 1.82) is 0 Å². The zero-order valence-electron chi connectivity index (χ0n) is 28.9. The van der Waals surface area contributed by atoms with E-state index in [1.165, 1.54) is 0 Å². The maximum Gasteiger partial charge on any atom is 0.165 e. The highest BCUT2D eigenvalue weighted by molar-refractivity contribution is 6.15. The van der Waals surface area contributed by atoms with Gasteiger partial charge in [0.15, 0.2) is 17.5 Å². The first-order valence-corrected chi connectivity index (χ1v) is 18.0. The van der Waals surface area contributed by atoms with E-state index in [2.05, 4.69) is 121 Å². The summed E-state index contributed by atoms with van der Waals surface area (Å²) in [4.78, 5) is 16.0. The van der Waals surface area contributed by atoms with Crippen molar-refractivity contribution in [1.82, 2.24) is 15.0 Å². The first-order chi connectivity index (χ1) is 26.8. The lowest BCUT2D eigenvalue weighted by atomic mass is 9.94. The first-order valence-electron chi connectivity index (χ1n) is 18.0. The summed E-state index contributed by atoms with van der Waals surface area (Å²) in [5, 5.41) is 6.28. The summed E-state index contributed by atoms with van der Waals surface area (Å²) in [6.07, 6.45) is 0. The van der Waals surface area contributed by atoms with Gasteiger partial charge in [-0.15, -0.1) is 0 Å². The molecule has 0 radical (unpaired) electrons. The number of rotatable bonds is 5. The molecule has 3 heterocycles. The standard InChI is InChI=1S/C49H29N3O2/c1-3-13-30(14-4-1)33-25-26-39(36-18-8-7-17-35(33)36)48-50-47(32-23-24-38-37-19-9-11-21-41(37)54-44(38)29-32)51-49(52-48)46-34(31-15-5-2-6-16-31)27-28-43-45(46)40-20-10-12-22-42(40)53-43/h1-29H. The van der Waals surface area contributed by atoms with E-state index in [9.17, 15) is 0 Å². The Labute approximate surface area is 309 Å². The van der Waals surface area contributed by atoms with Crippen LogP contribution in [-0.2, 0) is 0 Å². The van der Waals surface area contributed by atoms with Crippen LogP contribution in [0.3, 0.4) is 0 Å². The van der Waals surface area contributed by atoms with Crippen molar-refractivity contribution >= 4 is 54.6 Å². The van der Waals surface area contributed by atoms with E-state index < -0.39 is 0 Å². The predicted molar refractivity (Wildman–Crippen MR) is 219 cm³/mol. The van der Waals surface area contributed by atoms with Gasteiger partial charge in [0.1, 0.15) is 22.3 Å². The van der Waals surface area contributed by atoms with Crippen molar-refractivity contribution in [2.24, 2.45) is 0 Å². The molecule has 0 aliphatic rings. The van der Waals surface area contributed by atoms with Gasteiger partial charge in [-0.05, 0) is 75.5 Å². The number of furan rings is 2. The van der Waals surface area contributed by atoms with Crippen LogP contribution in [0.15, 0.2) is 185 Å². The molecular weight excluding hydrogens is 663 g/mol. The van der Waals surface area contributed by atoms with Gasteiger partial charge in [0.2, 0.25) is 0 Å². The molecule has 0 fully saturated rings. The molecule has 5 heteroatoms. The van der Waals surface area contributed by atoms with E-state index in [0.717, 1.165) is 93.6 Å². The number of aromatic nitrogens is 3. The van der Waals surface area contributed by atoms with Crippen molar-refractivity contribution in [2.75, 3.05) is 0 Å². The third-order valence-corrected chi connectivity index (χ3v) is 10.4. The number of hydrogen-bond donors (Lipinski definition) is 0. The Kier molecular flexibility index (Phi) is 6.79. The third-order valence-electron chi connectivity index (χ3n) is 10.4. The zero-order chi connectivity index (χ0) is 35.6. The van der Waals surface area contributed by atoms with E-state index in [4.69, 9.17) is 23.8 Å². The highest BCUT2D eigenvalue weighted by atomic mass is 16.3. The second-order valence-corrected chi connectivity index (χ2v) is 13.5. The van der Waals surface area contributed by atoms with Crippen LogP contribution in [0, 0.1) is 0 Å². The molecule has 0 aliphatic carbocycles. The molecule has 54 heavy (non-hydrogen) atoms. The fourth-order valence-corrected chi connectivity index (χ4v) is 7.87. The van der Waals surface area contributed by atoms with Crippen LogP contribution < -0.4 is 0 Å².